The summed E-state index contributed by atoms with van der Waals surface area (Å²) >= 11 is 1.60. The fourth-order valence-corrected chi connectivity index (χ4v) is 2.64. The largest absolute Gasteiger partial charge is 0.491 e. The third kappa shape index (κ3) is 3.75. The predicted octanol–water partition coefficient (Wildman–Crippen LogP) is 4.33. The van der Waals surface area contributed by atoms with Gasteiger partial charge in [-0.2, -0.15) is 5.26 Å². The summed E-state index contributed by atoms with van der Waals surface area (Å²) in [6.07, 6.45) is 0.184. The Hall–Kier alpha value is -1.99. The molecule has 3 nitrogen and oxygen atoms in total. The van der Waals surface area contributed by atoms with Crippen LogP contribution in [0.2, 0.25) is 0 Å². The summed E-state index contributed by atoms with van der Waals surface area (Å²) in [6.45, 7) is 6.83. The smallest absolute Gasteiger partial charge is 0.120 e. The molecule has 0 radical (unpaired) electrons. The first kappa shape index (κ1) is 14.4. The van der Waals surface area contributed by atoms with Crippen molar-refractivity contribution in [2.45, 2.75) is 33.4 Å². The Bertz CT molecular complexity index is 626. The van der Waals surface area contributed by atoms with Crippen LogP contribution in [0.25, 0.3) is 0 Å². The molecule has 104 valence electrons. The van der Waals surface area contributed by atoms with Gasteiger partial charge in [0.15, 0.2) is 0 Å². The number of nitrogens with zero attached hydrogens (tertiary/aromatic N) is 1. The van der Waals surface area contributed by atoms with Gasteiger partial charge in [-0.05, 0) is 50.6 Å². The van der Waals surface area contributed by atoms with Gasteiger partial charge >= 0.3 is 0 Å². The van der Waals surface area contributed by atoms with Crippen molar-refractivity contribution in [3.8, 4) is 11.8 Å². The summed E-state index contributed by atoms with van der Waals surface area (Å²) < 4.78 is 5.67. The molecule has 2 aromatic rings. The minimum absolute atomic E-state index is 0.184. The highest BCUT2D eigenvalue weighted by atomic mass is 32.1. The van der Waals surface area contributed by atoms with Gasteiger partial charge in [-0.15, -0.1) is 11.3 Å². The Balaban J connectivity index is 2.01. The van der Waals surface area contributed by atoms with Crippen LogP contribution in [0.4, 0.5) is 5.69 Å². The highest BCUT2D eigenvalue weighted by Crippen LogP contribution is 2.23. The molecule has 0 spiro atoms. The molecule has 0 atom stereocenters. The van der Waals surface area contributed by atoms with E-state index < -0.39 is 0 Å². The second kappa shape index (κ2) is 6.44. The molecule has 20 heavy (non-hydrogen) atoms. The summed E-state index contributed by atoms with van der Waals surface area (Å²) in [5.41, 5.74) is 2.97. The van der Waals surface area contributed by atoms with E-state index in [0.29, 0.717) is 0 Å². The van der Waals surface area contributed by atoms with Crippen molar-refractivity contribution in [2.24, 2.45) is 0 Å². The highest BCUT2D eigenvalue weighted by molar-refractivity contribution is 7.10. The van der Waals surface area contributed by atoms with E-state index in [1.54, 1.807) is 11.3 Å². The van der Waals surface area contributed by atoms with Crippen LogP contribution in [0.15, 0.2) is 29.6 Å². The number of hydrogen-bond donors (Lipinski definition) is 1. The second-order valence-corrected chi connectivity index (χ2v) is 5.91. The number of anilines is 1. The molecule has 0 unspecified atom stereocenters. The number of thiophene rings is 1. The molecule has 0 fully saturated rings. The maximum absolute atomic E-state index is 8.81. The Morgan fingerprint density at radius 2 is 2.15 bits per heavy atom. The van der Waals surface area contributed by atoms with E-state index in [9.17, 15) is 0 Å². The van der Waals surface area contributed by atoms with Crippen molar-refractivity contribution in [1.82, 2.24) is 0 Å². The number of nitrogens with one attached hydrogen (secondary N) is 1. The standard InChI is InChI=1S/C16H18N2OS/c1-11(2)19-14-4-5-16(12(3)6-14)18-9-15-7-13(8-17)10-20-15/h4-7,10-11,18H,9H2,1-3H3. The Morgan fingerprint density at radius 1 is 1.35 bits per heavy atom. The van der Waals surface area contributed by atoms with Crippen LogP contribution in [0, 0.1) is 18.3 Å². The summed E-state index contributed by atoms with van der Waals surface area (Å²) in [5.74, 6) is 0.894. The van der Waals surface area contributed by atoms with E-state index in [1.807, 2.05) is 43.5 Å². The SMILES string of the molecule is Cc1cc(OC(C)C)ccc1NCc1cc(C#N)cs1. The van der Waals surface area contributed by atoms with E-state index in [0.717, 1.165) is 34.0 Å². The Kier molecular flexibility index (Phi) is 4.65. The highest BCUT2D eigenvalue weighted by Gasteiger charge is 2.04. The van der Waals surface area contributed by atoms with Crippen molar-refractivity contribution in [3.05, 3.63) is 45.6 Å². The van der Waals surface area contributed by atoms with Crippen molar-refractivity contribution in [2.75, 3.05) is 5.32 Å². The van der Waals surface area contributed by atoms with Crippen molar-refractivity contribution < 1.29 is 4.74 Å². The Labute approximate surface area is 123 Å². The van der Waals surface area contributed by atoms with Crippen molar-refractivity contribution in [1.29, 1.82) is 5.26 Å². The molecule has 0 amide bonds. The lowest BCUT2D eigenvalue weighted by molar-refractivity contribution is 0.242. The molecule has 0 aliphatic heterocycles. The molecular weight excluding hydrogens is 268 g/mol. The van der Waals surface area contributed by atoms with Crippen LogP contribution in [0.1, 0.15) is 29.9 Å². The molecule has 2 rings (SSSR count). The van der Waals surface area contributed by atoms with Gasteiger partial charge < -0.3 is 10.1 Å². The molecule has 1 N–H and O–H groups in total. The maximum atomic E-state index is 8.81. The minimum atomic E-state index is 0.184. The summed E-state index contributed by atoms with van der Waals surface area (Å²) in [6, 6.07) is 10.1. The van der Waals surface area contributed by atoms with E-state index in [-0.39, 0.29) is 6.10 Å². The molecule has 1 heterocycles. The van der Waals surface area contributed by atoms with Gasteiger partial charge in [0.1, 0.15) is 11.8 Å². The zero-order chi connectivity index (χ0) is 14.5. The fraction of sp³-hybridized carbons (Fsp3) is 0.312. The molecule has 0 aliphatic carbocycles. The van der Waals surface area contributed by atoms with Gasteiger partial charge in [0.2, 0.25) is 0 Å². The van der Waals surface area contributed by atoms with Gasteiger partial charge in [-0.25, -0.2) is 0 Å². The minimum Gasteiger partial charge on any atom is -0.491 e. The monoisotopic (exact) mass is 286 g/mol. The number of ether oxygens (including phenoxy) is 1. The van der Waals surface area contributed by atoms with E-state index in [1.165, 1.54) is 0 Å². The van der Waals surface area contributed by atoms with Crippen molar-refractivity contribution in [3.63, 3.8) is 0 Å². The van der Waals surface area contributed by atoms with Crippen LogP contribution >= 0.6 is 11.3 Å². The molecule has 0 bridgehead atoms. The Morgan fingerprint density at radius 3 is 2.75 bits per heavy atom. The van der Waals surface area contributed by atoms with Gasteiger partial charge in [-0.3, -0.25) is 0 Å². The first-order valence-electron chi connectivity index (χ1n) is 6.57. The predicted molar refractivity (Wildman–Crippen MR) is 83.3 cm³/mol. The van der Waals surface area contributed by atoms with E-state index >= 15 is 0 Å². The normalized spacial score (nSPS) is 10.3. The third-order valence-electron chi connectivity index (χ3n) is 2.81. The zero-order valence-electron chi connectivity index (χ0n) is 11.9. The van der Waals surface area contributed by atoms with Gasteiger partial charge in [0.25, 0.3) is 0 Å². The average molecular weight is 286 g/mol. The average Bonchev–Trinajstić information content (AvgIpc) is 2.85. The quantitative estimate of drug-likeness (QED) is 0.890. The number of hydrogen-bond acceptors (Lipinski definition) is 4. The maximum Gasteiger partial charge on any atom is 0.120 e. The molecular formula is C16H18N2OS. The first-order valence-corrected chi connectivity index (χ1v) is 7.45. The van der Waals surface area contributed by atoms with Crippen molar-refractivity contribution >= 4 is 17.0 Å². The summed E-state index contributed by atoms with van der Waals surface area (Å²) in [4.78, 5) is 1.16. The second-order valence-electron chi connectivity index (χ2n) is 4.91. The summed E-state index contributed by atoms with van der Waals surface area (Å²) in [5, 5.41) is 14.1. The van der Waals surface area contributed by atoms with Gasteiger partial charge in [0.05, 0.1) is 11.7 Å². The topological polar surface area (TPSA) is 45.0 Å². The molecule has 4 heteroatoms. The van der Waals surface area contributed by atoms with Gasteiger partial charge in [0, 0.05) is 22.5 Å². The molecule has 1 aromatic heterocycles. The first-order chi connectivity index (χ1) is 9.58. The number of nitriles is 1. The van der Waals surface area contributed by atoms with Gasteiger partial charge in [-0.1, -0.05) is 0 Å². The fourth-order valence-electron chi connectivity index (χ4n) is 1.89. The number of aryl methyl sites for hydroxylation is 1. The van der Waals surface area contributed by atoms with Crippen LogP contribution in [0.3, 0.4) is 0 Å². The number of rotatable bonds is 5. The number of benzene rings is 1. The molecule has 0 saturated heterocycles. The lowest BCUT2D eigenvalue weighted by Gasteiger charge is -2.13. The third-order valence-corrected chi connectivity index (χ3v) is 3.74. The summed E-state index contributed by atoms with van der Waals surface area (Å²) in [7, 11) is 0. The van der Waals surface area contributed by atoms with Crippen LogP contribution in [-0.4, -0.2) is 6.10 Å². The lowest BCUT2D eigenvalue weighted by atomic mass is 10.2. The van der Waals surface area contributed by atoms with Crippen LogP contribution < -0.4 is 10.1 Å². The molecule has 0 aliphatic rings. The van der Waals surface area contributed by atoms with Crippen LogP contribution in [-0.2, 0) is 6.54 Å². The molecule has 1 aromatic carbocycles. The zero-order valence-corrected chi connectivity index (χ0v) is 12.8. The molecule has 0 saturated carbocycles. The van der Waals surface area contributed by atoms with Crippen LogP contribution in [0.5, 0.6) is 5.75 Å². The van der Waals surface area contributed by atoms with E-state index in [4.69, 9.17) is 10.00 Å². The van der Waals surface area contributed by atoms with E-state index in [2.05, 4.69) is 18.3 Å². The lowest BCUT2D eigenvalue weighted by Crippen LogP contribution is -2.06.